The minimum absolute atomic E-state index is 0.292. The van der Waals surface area contributed by atoms with Gasteiger partial charge in [0, 0.05) is 6.21 Å². The second-order valence-electron chi connectivity index (χ2n) is 5.45. The fourth-order valence-corrected chi connectivity index (χ4v) is 3.36. The van der Waals surface area contributed by atoms with E-state index in [-0.39, 0.29) is 5.91 Å². The summed E-state index contributed by atoms with van der Waals surface area (Å²) < 4.78 is 4.74. The summed E-state index contributed by atoms with van der Waals surface area (Å²) in [5.41, 5.74) is 1.03. The summed E-state index contributed by atoms with van der Waals surface area (Å²) >= 11 is 1.21. The van der Waals surface area contributed by atoms with Gasteiger partial charge in [0.05, 0.1) is 19.6 Å². The quantitative estimate of drug-likeness (QED) is 0.420. The third-order valence-electron chi connectivity index (χ3n) is 3.60. The number of methoxy groups -OCH3 is 1. The van der Waals surface area contributed by atoms with Gasteiger partial charge in [0.15, 0.2) is 5.17 Å². The van der Waals surface area contributed by atoms with Gasteiger partial charge >= 0.3 is 5.97 Å². The molecule has 26 heavy (non-hydrogen) atoms. The Morgan fingerprint density at radius 3 is 2.81 bits per heavy atom. The van der Waals surface area contributed by atoms with Gasteiger partial charge in [-0.05, 0) is 11.6 Å². The molecule has 1 heterocycles. The maximum atomic E-state index is 12.7. The first-order valence-corrected chi connectivity index (χ1v) is 8.96. The van der Waals surface area contributed by atoms with E-state index in [1.165, 1.54) is 30.1 Å². The third kappa shape index (κ3) is 4.92. The van der Waals surface area contributed by atoms with Crippen LogP contribution in [-0.2, 0) is 14.3 Å². The van der Waals surface area contributed by atoms with Crippen LogP contribution in [0, 0.1) is 5.92 Å². The molecule has 0 radical (unpaired) electrons. The van der Waals surface area contributed by atoms with Gasteiger partial charge in [-0.3, -0.25) is 14.6 Å². The highest BCUT2D eigenvalue weighted by Gasteiger charge is 2.44. The lowest BCUT2D eigenvalue weighted by atomic mass is 10.1. The van der Waals surface area contributed by atoms with Crippen molar-refractivity contribution >= 4 is 41.1 Å². The van der Waals surface area contributed by atoms with Crippen molar-refractivity contribution in [2.75, 3.05) is 13.7 Å². The molecule has 0 spiro atoms. The minimum Gasteiger partial charge on any atom is -0.469 e. The first-order valence-electron chi connectivity index (χ1n) is 8.08. The Kier molecular flexibility index (Phi) is 7.35. The standard InChI is InChI=1S/C19H21N3O3S/c1-4-12-20-19-22(17(23)16(26-19)14(2)18(24)25-3)21-13-8-11-15-9-6-5-7-10-15/h4-11,13-14,16H,1,12H2,2-3H3/b11-8+,20-19?,21-13+. The van der Waals surface area contributed by atoms with Gasteiger partial charge < -0.3 is 4.74 Å². The Balaban J connectivity index is 2.16. The average Bonchev–Trinajstić information content (AvgIpc) is 2.98. The van der Waals surface area contributed by atoms with Gasteiger partial charge in [0.1, 0.15) is 5.25 Å². The molecule has 0 bridgehead atoms. The summed E-state index contributed by atoms with van der Waals surface area (Å²) in [7, 11) is 1.31. The molecule has 1 aromatic carbocycles. The van der Waals surface area contributed by atoms with E-state index in [2.05, 4.69) is 16.7 Å². The lowest BCUT2D eigenvalue weighted by Gasteiger charge is -2.13. The van der Waals surface area contributed by atoms with E-state index in [1.54, 1.807) is 19.1 Å². The predicted molar refractivity (Wildman–Crippen MR) is 106 cm³/mol. The highest BCUT2D eigenvalue weighted by molar-refractivity contribution is 8.15. The highest BCUT2D eigenvalue weighted by Crippen LogP contribution is 2.33. The Bertz CT molecular complexity index is 744. The highest BCUT2D eigenvalue weighted by atomic mass is 32.2. The number of ether oxygens (including phenoxy) is 1. The molecule has 2 rings (SSSR count). The molecule has 1 aliphatic heterocycles. The van der Waals surface area contributed by atoms with Crippen LogP contribution >= 0.6 is 11.8 Å². The molecule has 6 nitrogen and oxygen atoms in total. The van der Waals surface area contributed by atoms with Crippen molar-refractivity contribution in [2.24, 2.45) is 16.0 Å². The molecule has 0 aliphatic carbocycles. The first-order chi connectivity index (χ1) is 12.6. The van der Waals surface area contributed by atoms with Crippen LogP contribution in [0.25, 0.3) is 6.08 Å². The number of hydrogen-bond acceptors (Lipinski definition) is 6. The zero-order valence-corrected chi connectivity index (χ0v) is 15.6. The molecule has 0 saturated carbocycles. The predicted octanol–water partition coefficient (Wildman–Crippen LogP) is 2.98. The summed E-state index contributed by atoms with van der Waals surface area (Å²) in [6, 6.07) is 9.75. The number of allylic oxidation sites excluding steroid dienone is 1. The Morgan fingerprint density at radius 1 is 1.42 bits per heavy atom. The molecule has 0 N–H and O–H groups in total. The molecular formula is C19H21N3O3S. The van der Waals surface area contributed by atoms with Crippen molar-refractivity contribution in [2.45, 2.75) is 12.2 Å². The molecule has 2 unspecified atom stereocenters. The van der Waals surface area contributed by atoms with Crippen LogP contribution in [-0.4, -0.2) is 47.2 Å². The number of aliphatic imine (C=N–C) groups is 1. The fraction of sp³-hybridized carbons (Fsp3) is 0.263. The number of thioether (sulfide) groups is 1. The average molecular weight is 371 g/mol. The summed E-state index contributed by atoms with van der Waals surface area (Å²) in [6.07, 6.45) is 6.79. The molecule has 1 aliphatic rings. The molecule has 136 valence electrons. The van der Waals surface area contributed by atoms with E-state index in [1.807, 2.05) is 36.4 Å². The van der Waals surface area contributed by atoms with Crippen LogP contribution in [0.15, 0.2) is 59.2 Å². The maximum Gasteiger partial charge on any atom is 0.310 e. The number of nitrogens with zero attached hydrogens (tertiary/aromatic N) is 3. The third-order valence-corrected chi connectivity index (χ3v) is 4.98. The number of rotatable bonds is 7. The molecule has 2 atom stereocenters. The normalized spacial score (nSPS) is 20.2. The van der Waals surface area contributed by atoms with Crippen LogP contribution in [0.1, 0.15) is 12.5 Å². The zero-order valence-electron chi connectivity index (χ0n) is 14.7. The molecule has 1 aromatic rings. The van der Waals surface area contributed by atoms with Crippen molar-refractivity contribution in [3.63, 3.8) is 0 Å². The molecular weight excluding hydrogens is 350 g/mol. The number of amides is 1. The van der Waals surface area contributed by atoms with Gasteiger partial charge in [-0.2, -0.15) is 10.1 Å². The molecule has 7 heteroatoms. The maximum absolute atomic E-state index is 12.7. The summed E-state index contributed by atoms with van der Waals surface area (Å²) in [4.78, 5) is 28.7. The van der Waals surface area contributed by atoms with E-state index in [9.17, 15) is 9.59 Å². The zero-order chi connectivity index (χ0) is 18.9. The number of carbonyl (C=O) groups excluding carboxylic acids is 2. The second-order valence-corrected chi connectivity index (χ2v) is 6.56. The van der Waals surface area contributed by atoms with E-state index >= 15 is 0 Å². The van der Waals surface area contributed by atoms with Crippen LogP contribution in [0.2, 0.25) is 0 Å². The number of benzene rings is 1. The van der Waals surface area contributed by atoms with Crippen molar-refractivity contribution in [1.82, 2.24) is 5.01 Å². The van der Waals surface area contributed by atoms with Crippen molar-refractivity contribution < 1.29 is 14.3 Å². The van der Waals surface area contributed by atoms with Gasteiger partial charge in [-0.25, -0.2) is 0 Å². The van der Waals surface area contributed by atoms with Gasteiger partial charge in [-0.1, -0.05) is 61.2 Å². The van der Waals surface area contributed by atoms with Crippen LogP contribution in [0.5, 0.6) is 0 Å². The summed E-state index contributed by atoms with van der Waals surface area (Å²) in [6.45, 7) is 5.65. The van der Waals surface area contributed by atoms with Gasteiger partial charge in [0.25, 0.3) is 5.91 Å². The van der Waals surface area contributed by atoms with E-state index in [0.717, 1.165) is 5.56 Å². The Morgan fingerprint density at radius 2 is 2.15 bits per heavy atom. The van der Waals surface area contributed by atoms with E-state index in [0.29, 0.717) is 11.7 Å². The molecule has 0 aromatic heterocycles. The first kappa shape index (κ1) is 19.7. The molecule has 1 fully saturated rings. The lowest BCUT2D eigenvalue weighted by molar-refractivity contribution is -0.146. The lowest BCUT2D eigenvalue weighted by Crippen LogP contribution is -2.34. The Labute approximate surface area is 157 Å². The van der Waals surface area contributed by atoms with Crippen LogP contribution in [0.3, 0.4) is 0 Å². The van der Waals surface area contributed by atoms with Crippen molar-refractivity contribution in [3.8, 4) is 0 Å². The number of carbonyl (C=O) groups is 2. The number of amidine groups is 1. The monoisotopic (exact) mass is 371 g/mol. The molecule has 1 amide bonds. The second kappa shape index (κ2) is 9.72. The number of hydrazone groups is 1. The van der Waals surface area contributed by atoms with Gasteiger partial charge in [0.2, 0.25) is 0 Å². The smallest absolute Gasteiger partial charge is 0.310 e. The molecule has 1 saturated heterocycles. The minimum atomic E-state index is -0.610. The summed E-state index contributed by atoms with van der Waals surface area (Å²) in [5, 5.41) is 5.27. The summed E-state index contributed by atoms with van der Waals surface area (Å²) in [5.74, 6) is -1.32. The van der Waals surface area contributed by atoms with Crippen molar-refractivity contribution in [3.05, 3.63) is 54.6 Å². The van der Waals surface area contributed by atoms with Crippen LogP contribution < -0.4 is 0 Å². The van der Waals surface area contributed by atoms with Gasteiger partial charge in [-0.15, -0.1) is 6.58 Å². The van der Waals surface area contributed by atoms with E-state index < -0.39 is 17.1 Å². The van der Waals surface area contributed by atoms with Crippen LogP contribution in [0.4, 0.5) is 0 Å². The van der Waals surface area contributed by atoms with E-state index in [4.69, 9.17) is 4.74 Å². The fourth-order valence-electron chi connectivity index (χ4n) is 2.23. The number of esters is 1. The SMILES string of the molecule is C=CCN=C1SC(C(C)C(=O)OC)C(=O)N1/N=C/C=C/c1ccccc1. The Hall–Kier alpha value is -2.67. The number of hydrogen-bond donors (Lipinski definition) is 0. The largest absolute Gasteiger partial charge is 0.469 e. The van der Waals surface area contributed by atoms with Crippen molar-refractivity contribution in [1.29, 1.82) is 0 Å². The topological polar surface area (TPSA) is 71.3 Å².